The monoisotopic (exact) mass is 409 g/mol. The third-order valence-electron chi connectivity index (χ3n) is 4.73. The van der Waals surface area contributed by atoms with E-state index in [1.54, 1.807) is 62.3 Å². The van der Waals surface area contributed by atoms with Gasteiger partial charge in [-0.15, -0.1) is 0 Å². The van der Waals surface area contributed by atoms with Crippen LogP contribution in [0.1, 0.15) is 68.7 Å². The summed E-state index contributed by atoms with van der Waals surface area (Å²) in [5, 5.41) is 2.74. The first-order valence-corrected chi connectivity index (χ1v) is 10.0. The van der Waals surface area contributed by atoms with Crippen molar-refractivity contribution in [1.29, 1.82) is 0 Å². The van der Waals surface area contributed by atoms with Crippen LogP contribution in [0.2, 0.25) is 0 Å². The Bertz CT molecular complexity index is 721. The number of hydrogen-bond acceptors (Lipinski definition) is 6. The highest BCUT2D eigenvalue weighted by molar-refractivity contribution is 5.92. The third-order valence-corrected chi connectivity index (χ3v) is 4.73. The van der Waals surface area contributed by atoms with Crippen LogP contribution in [-0.4, -0.2) is 40.4 Å². The normalized spacial score (nSPS) is 29.0. The van der Waals surface area contributed by atoms with Crippen LogP contribution >= 0.6 is 0 Å². The van der Waals surface area contributed by atoms with Gasteiger partial charge in [0.25, 0.3) is 0 Å². The fourth-order valence-electron chi connectivity index (χ4n) is 3.93. The molecule has 2 rings (SSSR count). The molecule has 0 aromatic heterocycles. The van der Waals surface area contributed by atoms with Crippen LogP contribution < -0.4 is 5.32 Å². The van der Waals surface area contributed by atoms with Crippen LogP contribution in [0.3, 0.4) is 0 Å². The summed E-state index contributed by atoms with van der Waals surface area (Å²) in [6, 6.07) is 0. The second-order valence-electron chi connectivity index (χ2n) is 11.0. The maximum absolute atomic E-state index is 13.2. The van der Waals surface area contributed by atoms with Crippen LogP contribution in [0.25, 0.3) is 0 Å². The minimum absolute atomic E-state index is 0.204. The van der Waals surface area contributed by atoms with E-state index in [1.807, 2.05) is 0 Å². The van der Waals surface area contributed by atoms with Gasteiger partial charge in [0.1, 0.15) is 22.3 Å². The van der Waals surface area contributed by atoms with Crippen LogP contribution in [0.4, 0.5) is 4.79 Å². The van der Waals surface area contributed by atoms with Crippen LogP contribution in [0.15, 0.2) is 12.2 Å². The number of ether oxygens (including phenoxy) is 3. The van der Waals surface area contributed by atoms with Crippen LogP contribution in [0, 0.1) is 17.8 Å². The van der Waals surface area contributed by atoms with Crippen molar-refractivity contribution in [2.45, 2.75) is 91.1 Å². The fraction of sp³-hybridized carbons (Fsp3) is 0.773. The van der Waals surface area contributed by atoms with E-state index in [0.717, 1.165) is 5.57 Å². The standard InChI is InChI=1S/C22H35NO6/c1-12-11-22(17(25)28-20(5,6)7,23-18(26)29-21(8,9)10)15-13(12)14(15)16(24)27-19(2,3)4/h13-15H,1,11H2,2-10H3,(H,23,26). The molecule has 0 spiro atoms. The number of fused-ring (bicyclic) bond motifs is 1. The molecule has 4 atom stereocenters. The second-order valence-corrected chi connectivity index (χ2v) is 11.0. The predicted octanol–water partition coefficient (Wildman–Crippen LogP) is 3.76. The number of carbonyl (C=O) groups excluding carboxylic acids is 3. The number of alkyl carbamates (subject to hydrolysis) is 1. The van der Waals surface area contributed by atoms with Crippen molar-refractivity contribution in [3.8, 4) is 0 Å². The van der Waals surface area contributed by atoms with Crippen molar-refractivity contribution >= 4 is 18.0 Å². The van der Waals surface area contributed by atoms with E-state index >= 15 is 0 Å². The SMILES string of the molecule is C=C1CC(NC(=O)OC(C)(C)C)(C(=O)OC(C)(C)C)C2C1C2C(=O)OC(C)(C)C. The first-order chi connectivity index (χ1) is 12.9. The summed E-state index contributed by atoms with van der Waals surface area (Å²) in [6.07, 6.45) is -0.526. The fourth-order valence-corrected chi connectivity index (χ4v) is 3.93. The molecular weight excluding hydrogens is 374 g/mol. The maximum atomic E-state index is 13.2. The van der Waals surface area contributed by atoms with Gasteiger partial charge in [-0.2, -0.15) is 0 Å². The zero-order valence-electron chi connectivity index (χ0n) is 19.1. The molecule has 2 aliphatic carbocycles. The molecule has 0 bridgehead atoms. The molecule has 0 heterocycles. The molecule has 0 aromatic rings. The van der Waals surface area contributed by atoms with Gasteiger partial charge in [0.05, 0.1) is 5.92 Å². The average molecular weight is 410 g/mol. The van der Waals surface area contributed by atoms with E-state index < -0.39 is 52.2 Å². The van der Waals surface area contributed by atoms with E-state index in [4.69, 9.17) is 14.2 Å². The van der Waals surface area contributed by atoms with E-state index in [0.29, 0.717) is 0 Å². The Kier molecular flexibility index (Phi) is 5.63. The Labute approximate surface area is 173 Å². The summed E-state index contributed by atoms with van der Waals surface area (Å²) in [6.45, 7) is 19.9. The highest BCUT2D eigenvalue weighted by Gasteiger charge is 2.74. The van der Waals surface area contributed by atoms with Crippen molar-refractivity contribution in [3.05, 3.63) is 12.2 Å². The zero-order valence-corrected chi connectivity index (χ0v) is 19.1. The quantitative estimate of drug-likeness (QED) is 0.434. The maximum Gasteiger partial charge on any atom is 0.408 e. The molecular formula is C22H35NO6. The van der Waals surface area contributed by atoms with Gasteiger partial charge in [-0.25, -0.2) is 9.59 Å². The highest BCUT2D eigenvalue weighted by atomic mass is 16.6. The molecule has 2 aliphatic rings. The summed E-state index contributed by atoms with van der Waals surface area (Å²) in [5.41, 5.74) is -2.81. The van der Waals surface area contributed by atoms with Gasteiger partial charge >= 0.3 is 18.0 Å². The number of carbonyl (C=O) groups is 3. The number of esters is 2. The van der Waals surface area contributed by atoms with Crippen molar-refractivity contribution in [3.63, 3.8) is 0 Å². The topological polar surface area (TPSA) is 90.9 Å². The molecule has 0 aliphatic heterocycles. The van der Waals surface area contributed by atoms with Crippen molar-refractivity contribution in [1.82, 2.24) is 5.32 Å². The lowest BCUT2D eigenvalue weighted by Crippen LogP contribution is -2.58. The van der Waals surface area contributed by atoms with E-state index in [-0.39, 0.29) is 12.3 Å². The van der Waals surface area contributed by atoms with Gasteiger partial charge in [-0.05, 0) is 68.2 Å². The Hall–Kier alpha value is -2.05. The summed E-state index contributed by atoms with van der Waals surface area (Å²) >= 11 is 0. The van der Waals surface area contributed by atoms with Crippen LogP contribution in [0.5, 0.6) is 0 Å². The lowest BCUT2D eigenvalue weighted by atomic mass is 9.88. The lowest BCUT2D eigenvalue weighted by Gasteiger charge is -2.35. The van der Waals surface area contributed by atoms with Crippen molar-refractivity contribution in [2.24, 2.45) is 17.8 Å². The highest BCUT2D eigenvalue weighted by Crippen LogP contribution is 2.65. The summed E-state index contributed by atoms with van der Waals surface area (Å²) in [7, 11) is 0. The van der Waals surface area contributed by atoms with Gasteiger partial charge in [-0.1, -0.05) is 12.2 Å². The molecule has 0 aromatic carbocycles. The lowest BCUT2D eigenvalue weighted by molar-refractivity contribution is -0.165. The smallest absolute Gasteiger partial charge is 0.408 e. The molecule has 7 nitrogen and oxygen atoms in total. The molecule has 7 heteroatoms. The van der Waals surface area contributed by atoms with Crippen LogP contribution in [-0.2, 0) is 23.8 Å². The molecule has 164 valence electrons. The molecule has 0 radical (unpaired) electrons. The van der Waals surface area contributed by atoms with Gasteiger partial charge in [0.15, 0.2) is 0 Å². The molecule has 29 heavy (non-hydrogen) atoms. The average Bonchev–Trinajstić information content (AvgIpc) is 3.10. The predicted molar refractivity (Wildman–Crippen MR) is 108 cm³/mol. The van der Waals surface area contributed by atoms with Gasteiger partial charge in [0.2, 0.25) is 0 Å². The van der Waals surface area contributed by atoms with Crippen molar-refractivity contribution in [2.75, 3.05) is 0 Å². The number of rotatable bonds is 3. The third kappa shape index (κ3) is 5.31. The summed E-state index contributed by atoms with van der Waals surface area (Å²) in [4.78, 5) is 38.5. The largest absolute Gasteiger partial charge is 0.460 e. The minimum Gasteiger partial charge on any atom is -0.460 e. The second kappa shape index (κ2) is 7.03. The Morgan fingerprint density at radius 2 is 1.38 bits per heavy atom. The Balaban J connectivity index is 2.35. The first kappa shape index (κ1) is 23.2. The van der Waals surface area contributed by atoms with Gasteiger partial charge < -0.3 is 19.5 Å². The van der Waals surface area contributed by atoms with Gasteiger partial charge in [0, 0.05) is 12.3 Å². The molecule has 2 fully saturated rings. The summed E-state index contributed by atoms with van der Waals surface area (Å²) < 4.78 is 16.5. The number of amides is 1. The molecule has 1 N–H and O–H groups in total. The zero-order chi connectivity index (χ0) is 22.6. The van der Waals surface area contributed by atoms with Crippen molar-refractivity contribution < 1.29 is 28.6 Å². The number of nitrogens with one attached hydrogen (secondary N) is 1. The van der Waals surface area contributed by atoms with E-state index in [1.165, 1.54) is 0 Å². The number of hydrogen-bond donors (Lipinski definition) is 1. The van der Waals surface area contributed by atoms with E-state index in [9.17, 15) is 14.4 Å². The van der Waals surface area contributed by atoms with E-state index in [2.05, 4.69) is 11.9 Å². The first-order valence-electron chi connectivity index (χ1n) is 10.0. The summed E-state index contributed by atoms with van der Waals surface area (Å²) in [5.74, 6) is -2.22. The minimum atomic E-state index is -1.40. The molecule has 4 unspecified atom stereocenters. The molecule has 2 saturated carbocycles. The van der Waals surface area contributed by atoms with Gasteiger partial charge in [-0.3, -0.25) is 4.79 Å². The molecule has 0 saturated heterocycles. The Morgan fingerprint density at radius 1 is 0.897 bits per heavy atom. The molecule has 1 amide bonds. The Morgan fingerprint density at radius 3 is 1.83 bits per heavy atom.